The van der Waals surface area contributed by atoms with E-state index in [9.17, 15) is 0 Å². The Morgan fingerprint density at radius 3 is 2.57 bits per heavy atom. The Labute approximate surface area is 44.3 Å². The molecule has 0 aromatic heterocycles. The highest BCUT2D eigenvalue weighted by atomic mass is 15.1. The van der Waals surface area contributed by atoms with Crippen LogP contribution in [0.5, 0.6) is 0 Å². The molecule has 1 saturated heterocycles. The molecule has 1 aliphatic heterocycles. The molecule has 1 fully saturated rings. The highest BCUT2D eigenvalue weighted by Crippen LogP contribution is 2.03. The molecule has 1 N–H and O–H groups in total. The average molecular weight is 99.2 g/mol. The molecule has 1 aliphatic rings. The van der Waals surface area contributed by atoms with Gasteiger partial charge in [0.15, 0.2) is 0 Å². The lowest BCUT2D eigenvalue weighted by Crippen LogP contribution is -2.16. The van der Waals surface area contributed by atoms with Crippen molar-refractivity contribution in [3.8, 4) is 0 Å². The van der Waals surface area contributed by atoms with Gasteiger partial charge in [0.2, 0.25) is 0 Å². The first-order valence-corrected chi connectivity index (χ1v) is 2.68. The minimum atomic E-state index is 0.199. The van der Waals surface area contributed by atoms with Crippen LogP contribution in [0, 0.1) is 0 Å². The summed E-state index contributed by atoms with van der Waals surface area (Å²) in [6, 6.07) is 0.199. The topological polar surface area (TPSA) is 27.0 Å². The standard InChI is InChI=1S/C5H11N2/c1-7-3-2-5(6)4-7/h5-6H,2-4H2,1H3. The van der Waals surface area contributed by atoms with E-state index in [1.807, 2.05) is 0 Å². The smallest absolute Gasteiger partial charge is 0.0352 e. The van der Waals surface area contributed by atoms with Gasteiger partial charge in [-0.3, -0.25) is 5.73 Å². The number of nitrogens with zero attached hydrogens (tertiary/aromatic N) is 1. The summed E-state index contributed by atoms with van der Waals surface area (Å²) < 4.78 is 0. The molecule has 0 saturated carbocycles. The van der Waals surface area contributed by atoms with E-state index >= 15 is 0 Å². The van der Waals surface area contributed by atoms with E-state index in [-0.39, 0.29) is 6.04 Å². The van der Waals surface area contributed by atoms with Crippen LogP contribution in [0.25, 0.3) is 0 Å². The third-order valence-electron chi connectivity index (χ3n) is 1.39. The Morgan fingerprint density at radius 2 is 2.43 bits per heavy atom. The molecule has 1 radical (unpaired) electrons. The van der Waals surface area contributed by atoms with Crippen LogP contribution < -0.4 is 5.73 Å². The first-order chi connectivity index (χ1) is 3.29. The van der Waals surface area contributed by atoms with Crippen molar-refractivity contribution in [1.29, 1.82) is 0 Å². The Bertz CT molecular complexity index is 55.1. The fourth-order valence-electron chi connectivity index (χ4n) is 0.935. The minimum absolute atomic E-state index is 0.199. The van der Waals surface area contributed by atoms with Gasteiger partial charge in [0.25, 0.3) is 0 Å². The zero-order valence-electron chi connectivity index (χ0n) is 4.65. The van der Waals surface area contributed by atoms with Gasteiger partial charge in [-0.2, -0.15) is 0 Å². The largest absolute Gasteiger partial charge is 0.305 e. The van der Waals surface area contributed by atoms with Gasteiger partial charge in [0.05, 0.1) is 0 Å². The van der Waals surface area contributed by atoms with Crippen molar-refractivity contribution in [3.63, 3.8) is 0 Å². The van der Waals surface area contributed by atoms with Crippen molar-refractivity contribution in [1.82, 2.24) is 10.6 Å². The summed E-state index contributed by atoms with van der Waals surface area (Å²) in [5.41, 5.74) is 7.22. The minimum Gasteiger partial charge on any atom is -0.305 e. The molecule has 1 unspecified atom stereocenters. The van der Waals surface area contributed by atoms with Gasteiger partial charge in [-0.25, -0.2) is 0 Å². The fourth-order valence-corrected chi connectivity index (χ4v) is 0.935. The molecule has 0 aliphatic carbocycles. The van der Waals surface area contributed by atoms with Crippen molar-refractivity contribution in [2.45, 2.75) is 12.5 Å². The van der Waals surface area contributed by atoms with E-state index in [0.29, 0.717) is 0 Å². The van der Waals surface area contributed by atoms with Gasteiger partial charge in [0, 0.05) is 12.6 Å². The number of likely N-dealkylation sites (tertiary alicyclic amines) is 1. The Morgan fingerprint density at radius 1 is 1.71 bits per heavy atom. The molecule has 0 spiro atoms. The van der Waals surface area contributed by atoms with Crippen LogP contribution in [0.4, 0.5) is 0 Å². The Hall–Kier alpha value is -0.0800. The van der Waals surface area contributed by atoms with Gasteiger partial charge in [-0.15, -0.1) is 0 Å². The van der Waals surface area contributed by atoms with Crippen LogP contribution in [0.2, 0.25) is 0 Å². The van der Waals surface area contributed by atoms with E-state index < -0.39 is 0 Å². The summed E-state index contributed by atoms with van der Waals surface area (Å²) in [5, 5.41) is 0. The number of likely N-dealkylation sites (N-methyl/N-ethyl adjacent to an activating group) is 1. The van der Waals surface area contributed by atoms with E-state index in [0.717, 1.165) is 19.5 Å². The van der Waals surface area contributed by atoms with Crippen molar-refractivity contribution < 1.29 is 0 Å². The van der Waals surface area contributed by atoms with Crippen LogP contribution in [0.15, 0.2) is 0 Å². The highest BCUT2D eigenvalue weighted by Gasteiger charge is 2.14. The van der Waals surface area contributed by atoms with Crippen molar-refractivity contribution in [2.24, 2.45) is 0 Å². The van der Waals surface area contributed by atoms with Gasteiger partial charge in [0.1, 0.15) is 0 Å². The summed E-state index contributed by atoms with van der Waals surface area (Å²) in [6.07, 6.45) is 1.07. The van der Waals surface area contributed by atoms with Crippen molar-refractivity contribution in [2.75, 3.05) is 20.1 Å². The normalized spacial score (nSPS) is 34.3. The molecule has 2 nitrogen and oxygen atoms in total. The number of rotatable bonds is 0. The van der Waals surface area contributed by atoms with Gasteiger partial charge in [-0.1, -0.05) is 0 Å². The van der Waals surface area contributed by atoms with Crippen LogP contribution in [-0.2, 0) is 0 Å². The van der Waals surface area contributed by atoms with Gasteiger partial charge < -0.3 is 4.90 Å². The molecule has 7 heavy (non-hydrogen) atoms. The molecule has 0 aromatic carbocycles. The summed E-state index contributed by atoms with van der Waals surface area (Å²) >= 11 is 0. The second-order valence-electron chi connectivity index (χ2n) is 2.25. The van der Waals surface area contributed by atoms with Crippen molar-refractivity contribution >= 4 is 0 Å². The maximum atomic E-state index is 7.22. The molecular formula is C5H11N2. The van der Waals surface area contributed by atoms with E-state index in [1.165, 1.54) is 0 Å². The molecule has 2 heteroatoms. The lowest BCUT2D eigenvalue weighted by atomic mass is 10.3. The molecule has 1 atom stereocenters. The molecular weight excluding hydrogens is 88.1 g/mol. The zero-order valence-corrected chi connectivity index (χ0v) is 4.65. The lowest BCUT2D eigenvalue weighted by molar-refractivity contribution is 0.410. The zero-order chi connectivity index (χ0) is 5.28. The molecule has 0 amide bonds. The second-order valence-corrected chi connectivity index (χ2v) is 2.25. The predicted molar refractivity (Wildman–Crippen MR) is 29.0 cm³/mol. The summed E-state index contributed by atoms with van der Waals surface area (Å²) in [5.74, 6) is 0. The monoisotopic (exact) mass is 99.1 g/mol. The van der Waals surface area contributed by atoms with Crippen LogP contribution >= 0.6 is 0 Å². The fraction of sp³-hybridized carbons (Fsp3) is 1.00. The maximum absolute atomic E-state index is 7.22. The van der Waals surface area contributed by atoms with E-state index in [2.05, 4.69) is 11.9 Å². The molecule has 1 heterocycles. The average Bonchev–Trinajstić information content (AvgIpc) is 1.87. The van der Waals surface area contributed by atoms with Crippen LogP contribution in [-0.4, -0.2) is 31.1 Å². The Kier molecular flexibility index (Phi) is 1.30. The first kappa shape index (κ1) is 5.06. The predicted octanol–water partition coefficient (Wildman–Crippen LogP) is -0.0266. The maximum Gasteiger partial charge on any atom is 0.0352 e. The third-order valence-corrected chi connectivity index (χ3v) is 1.39. The lowest BCUT2D eigenvalue weighted by Gasteiger charge is -2.02. The van der Waals surface area contributed by atoms with E-state index in [4.69, 9.17) is 5.73 Å². The number of hydrogen-bond acceptors (Lipinski definition) is 1. The number of hydrogen-bond donors (Lipinski definition) is 0. The third kappa shape index (κ3) is 1.14. The summed E-state index contributed by atoms with van der Waals surface area (Å²) in [6.45, 7) is 2.09. The summed E-state index contributed by atoms with van der Waals surface area (Å²) in [4.78, 5) is 2.19. The highest BCUT2D eigenvalue weighted by molar-refractivity contribution is 4.73. The molecule has 41 valence electrons. The van der Waals surface area contributed by atoms with E-state index in [1.54, 1.807) is 0 Å². The number of nitrogens with one attached hydrogen (secondary N) is 1. The SMILES string of the molecule is CN1CCC([NH])C1. The van der Waals surface area contributed by atoms with Crippen LogP contribution in [0.1, 0.15) is 6.42 Å². The second kappa shape index (κ2) is 1.80. The van der Waals surface area contributed by atoms with Crippen LogP contribution in [0.3, 0.4) is 0 Å². The van der Waals surface area contributed by atoms with Crippen molar-refractivity contribution in [3.05, 3.63) is 0 Å². The van der Waals surface area contributed by atoms with Gasteiger partial charge >= 0.3 is 0 Å². The molecule has 0 bridgehead atoms. The first-order valence-electron chi connectivity index (χ1n) is 2.68. The molecule has 1 rings (SSSR count). The summed E-state index contributed by atoms with van der Waals surface area (Å²) in [7, 11) is 2.06. The molecule has 0 aromatic rings. The van der Waals surface area contributed by atoms with Gasteiger partial charge in [-0.05, 0) is 20.0 Å². The Balaban J connectivity index is 2.26. The quantitative estimate of drug-likeness (QED) is 0.419.